The van der Waals surface area contributed by atoms with Gasteiger partial charge in [-0.15, -0.1) is 11.6 Å². The van der Waals surface area contributed by atoms with Crippen LogP contribution in [-0.2, 0) is 0 Å². The standard InChI is InChI=1S/C10H14BrClN2/c1-2-6-14(7-5-12)10-4-3-9(11)8-13-10/h3-4,8H,2,5-7H2,1H3. The molecule has 78 valence electrons. The SMILES string of the molecule is CCCN(CCCl)c1ccc(Br)cn1. The first-order chi connectivity index (χ1) is 6.77. The van der Waals surface area contributed by atoms with Crippen molar-refractivity contribution in [2.24, 2.45) is 0 Å². The lowest BCUT2D eigenvalue weighted by molar-refractivity contribution is 0.781. The molecule has 0 amide bonds. The Labute approximate surface area is 98.4 Å². The highest BCUT2D eigenvalue weighted by Crippen LogP contribution is 2.14. The Bertz CT molecular complexity index is 257. The Kier molecular flexibility index (Phi) is 5.26. The van der Waals surface area contributed by atoms with Crippen LogP contribution in [0.15, 0.2) is 22.8 Å². The molecule has 0 radical (unpaired) electrons. The number of pyridine rings is 1. The minimum absolute atomic E-state index is 0.637. The molecule has 2 nitrogen and oxygen atoms in total. The number of halogens is 2. The van der Waals surface area contributed by atoms with Crippen LogP contribution < -0.4 is 4.90 Å². The Morgan fingerprint density at radius 3 is 2.71 bits per heavy atom. The van der Waals surface area contributed by atoms with Gasteiger partial charge in [-0.1, -0.05) is 6.92 Å². The maximum absolute atomic E-state index is 5.73. The zero-order valence-electron chi connectivity index (χ0n) is 8.21. The molecule has 0 N–H and O–H groups in total. The zero-order valence-corrected chi connectivity index (χ0v) is 10.6. The van der Waals surface area contributed by atoms with Crippen molar-refractivity contribution in [2.45, 2.75) is 13.3 Å². The molecule has 0 atom stereocenters. The molecule has 1 aromatic heterocycles. The normalized spacial score (nSPS) is 10.2. The highest BCUT2D eigenvalue weighted by Gasteiger charge is 2.05. The number of nitrogens with zero attached hydrogens (tertiary/aromatic N) is 2. The Hall–Kier alpha value is -0.280. The summed E-state index contributed by atoms with van der Waals surface area (Å²) >= 11 is 9.10. The first-order valence-electron chi connectivity index (χ1n) is 4.70. The van der Waals surface area contributed by atoms with Gasteiger partial charge < -0.3 is 4.90 Å². The van der Waals surface area contributed by atoms with Crippen molar-refractivity contribution in [1.29, 1.82) is 0 Å². The minimum Gasteiger partial charge on any atom is -0.355 e. The van der Waals surface area contributed by atoms with Gasteiger partial charge >= 0.3 is 0 Å². The molecule has 4 heteroatoms. The quantitative estimate of drug-likeness (QED) is 0.768. The zero-order chi connectivity index (χ0) is 10.4. The number of hydrogen-bond acceptors (Lipinski definition) is 2. The molecule has 0 aromatic carbocycles. The molecule has 0 aliphatic heterocycles. The van der Waals surface area contributed by atoms with E-state index in [2.05, 4.69) is 32.7 Å². The molecular formula is C10H14BrClN2. The van der Waals surface area contributed by atoms with Crippen molar-refractivity contribution in [3.63, 3.8) is 0 Å². The van der Waals surface area contributed by atoms with Crippen molar-refractivity contribution in [1.82, 2.24) is 4.98 Å². The molecule has 0 unspecified atom stereocenters. The second kappa shape index (κ2) is 6.25. The third-order valence-corrected chi connectivity index (χ3v) is 2.52. The Balaban J connectivity index is 2.71. The van der Waals surface area contributed by atoms with E-state index in [0.29, 0.717) is 5.88 Å². The van der Waals surface area contributed by atoms with Crippen molar-refractivity contribution in [3.05, 3.63) is 22.8 Å². The number of alkyl halides is 1. The van der Waals surface area contributed by atoms with E-state index in [0.717, 1.165) is 29.8 Å². The van der Waals surface area contributed by atoms with Gasteiger partial charge in [0.15, 0.2) is 0 Å². The van der Waals surface area contributed by atoms with Gasteiger partial charge in [0.1, 0.15) is 5.82 Å². The Morgan fingerprint density at radius 1 is 1.43 bits per heavy atom. The second-order valence-electron chi connectivity index (χ2n) is 3.01. The summed E-state index contributed by atoms with van der Waals surface area (Å²) < 4.78 is 1.00. The van der Waals surface area contributed by atoms with Gasteiger partial charge in [0.05, 0.1) is 0 Å². The molecule has 0 saturated heterocycles. The third kappa shape index (κ3) is 3.46. The van der Waals surface area contributed by atoms with E-state index in [4.69, 9.17) is 11.6 Å². The topological polar surface area (TPSA) is 16.1 Å². The summed E-state index contributed by atoms with van der Waals surface area (Å²) in [6.45, 7) is 4.01. The predicted molar refractivity (Wildman–Crippen MR) is 65.2 cm³/mol. The maximum Gasteiger partial charge on any atom is 0.128 e. The largest absolute Gasteiger partial charge is 0.355 e. The van der Waals surface area contributed by atoms with E-state index in [1.807, 2.05) is 18.3 Å². The molecule has 0 aliphatic carbocycles. The van der Waals surface area contributed by atoms with Crippen LogP contribution in [-0.4, -0.2) is 24.0 Å². The lowest BCUT2D eigenvalue weighted by atomic mass is 10.3. The second-order valence-corrected chi connectivity index (χ2v) is 4.30. The monoisotopic (exact) mass is 276 g/mol. The molecule has 0 aliphatic rings. The van der Waals surface area contributed by atoms with Gasteiger partial charge in [-0.2, -0.15) is 0 Å². The van der Waals surface area contributed by atoms with Crippen molar-refractivity contribution in [3.8, 4) is 0 Å². The van der Waals surface area contributed by atoms with Gasteiger partial charge in [-0.25, -0.2) is 4.98 Å². The predicted octanol–water partition coefficient (Wildman–Crippen LogP) is 3.30. The van der Waals surface area contributed by atoms with E-state index in [1.54, 1.807) is 0 Å². The lowest BCUT2D eigenvalue weighted by Gasteiger charge is -2.21. The number of hydrogen-bond donors (Lipinski definition) is 0. The van der Waals surface area contributed by atoms with Crippen LogP contribution in [0.4, 0.5) is 5.82 Å². The van der Waals surface area contributed by atoms with E-state index in [9.17, 15) is 0 Å². The summed E-state index contributed by atoms with van der Waals surface area (Å²) in [7, 11) is 0. The van der Waals surface area contributed by atoms with E-state index in [-0.39, 0.29) is 0 Å². The summed E-state index contributed by atoms with van der Waals surface area (Å²) in [6.07, 6.45) is 2.92. The average molecular weight is 278 g/mol. The molecule has 1 heterocycles. The van der Waals surface area contributed by atoms with Gasteiger partial charge in [0.2, 0.25) is 0 Å². The van der Waals surface area contributed by atoms with Gasteiger partial charge in [-0.05, 0) is 34.5 Å². The Morgan fingerprint density at radius 2 is 2.21 bits per heavy atom. The van der Waals surface area contributed by atoms with E-state index >= 15 is 0 Å². The number of aromatic nitrogens is 1. The number of rotatable bonds is 5. The fourth-order valence-electron chi connectivity index (χ4n) is 1.27. The summed E-state index contributed by atoms with van der Waals surface area (Å²) in [5.41, 5.74) is 0. The lowest BCUT2D eigenvalue weighted by Crippen LogP contribution is -2.26. The molecule has 0 saturated carbocycles. The summed E-state index contributed by atoms with van der Waals surface area (Å²) in [5.74, 6) is 1.63. The summed E-state index contributed by atoms with van der Waals surface area (Å²) in [4.78, 5) is 6.53. The average Bonchev–Trinajstić information content (AvgIpc) is 2.19. The van der Waals surface area contributed by atoms with E-state index < -0.39 is 0 Å². The molecule has 1 aromatic rings. The van der Waals surface area contributed by atoms with Crippen molar-refractivity contribution in [2.75, 3.05) is 23.9 Å². The first-order valence-corrected chi connectivity index (χ1v) is 6.03. The maximum atomic E-state index is 5.73. The van der Waals surface area contributed by atoms with Crippen LogP contribution in [0.5, 0.6) is 0 Å². The van der Waals surface area contributed by atoms with Crippen LogP contribution in [0.3, 0.4) is 0 Å². The van der Waals surface area contributed by atoms with Crippen LogP contribution >= 0.6 is 27.5 Å². The highest BCUT2D eigenvalue weighted by atomic mass is 79.9. The van der Waals surface area contributed by atoms with Crippen LogP contribution in [0.1, 0.15) is 13.3 Å². The fraction of sp³-hybridized carbons (Fsp3) is 0.500. The van der Waals surface area contributed by atoms with E-state index in [1.165, 1.54) is 0 Å². The summed E-state index contributed by atoms with van der Waals surface area (Å²) in [5, 5.41) is 0. The van der Waals surface area contributed by atoms with Crippen molar-refractivity contribution >= 4 is 33.3 Å². The van der Waals surface area contributed by atoms with Crippen LogP contribution in [0, 0.1) is 0 Å². The smallest absolute Gasteiger partial charge is 0.128 e. The van der Waals surface area contributed by atoms with Gasteiger partial charge in [0.25, 0.3) is 0 Å². The summed E-state index contributed by atoms with van der Waals surface area (Å²) in [6, 6.07) is 4.01. The van der Waals surface area contributed by atoms with Crippen LogP contribution in [0.2, 0.25) is 0 Å². The molecule has 1 rings (SSSR count). The number of anilines is 1. The molecule has 0 bridgehead atoms. The van der Waals surface area contributed by atoms with Crippen LogP contribution in [0.25, 0.3) is 0 Å². The molecule has 0 fully saturated rings. The molecule has 14 heavy (non-hydrogen) atoms. The fourth-order valence-corrected chi connectivity index (χ4v) is 1.71. The third-order valence-electron chi connectivity index (χ3n) is 1.88. The molecule has 0 spiro atoms. The van der Waals surface area contributed by atoms with Gasteiger partial charge in [0, 0.05) is 29.6 Å². The minimum atomic E-state index is 0.637. The first kappa shape index (κ1) is 11.8. The highest BCUT2D eigenvalue weighted by molar-refractivity contribution is 9.10. The van der Waals surface area contributed by atoms with Gasteiger partial charge in [-0.3, -0.25) is 0 Å². The van der Waals surface area contributed by atoms with Crippen molar-refractivity contribution < 1.29 is 0 Å². The molecular weight excluding hydrogens is 263 g/mol.